The van der Waals surface area contributed by atoms with E-state index in [2.05, 4.69) is 15.0 Å². The van der Waals surface area contributed by atoms with Gasteiger partial charge >= 0.3 is 5.97 Å². The van der Waals surface area contributed by atoms with Crippen molar-refractivity contribution in [1.82, 2.24) is 15.0 Å². The van der Waals surface area contributed by atoms with E-state index in [1.165, 1.54) is 19.2 Å². The number of aromatic amines is 1. The van der Waals surface area contributed by atoms with Crippen molar-refractivity contribution in [2.75, 3.05) is 7.11 Å². The Labute approximate surface area is 216 Å². The third-order valence-corrected chi connectivity index (χ3v) is 7.62. The molecule has 0 aliphatic carbocycles. The van der Waals surface area contributed by atoms with E-state index in [9.17, 15) is 18.0 Å². The lowest BCUT2D eigenvalue weighted by molar-refractivity contribution is -0.145. The molecule has 4 aromatic rings. The summed E-state index contributed by atoms with van der Waals surface area (Å²) in [5.74, 6) is -1.26. The van der Waals surface area contributed by atoms with Gasteiger partial charge < -0.3 is 15.0 Å². The average molecular weight is 520 g/mol. The summed E-state index contributed by atoms with van der Waals surface area (Å²) in [6, 6.07) is 20.9. The van der Waals surface area contributed by atoms with E-state index < -0.39 is 34.0 Å². The first-order valence-corrected chi connectivity index (χ1v) is 13.3. The number of para-hydroxylation sites is 1. The predicted octanol–water partition coefficient (Wildman–Crippen LogP) is 3.27. The molecule has 0 spiro atoms. The first kappa shape index (κ1) is 26.1. The largest absolute Gasteiger partial charge is 0.467 e. The van der Waals surface area contributed by atoms with Crippen LogP contribution in [0.2, 0.25) is 0 Å². The monoisotopic (exact) mass is 519 g/mol. The molecular formula is C28H29N3O5S. The van der Waals surface area contributed by atoms with E-state index in [0.717, 1.165) is 27.6 Å². The van der Waals surface area contributed by atoms with Gasteiger partial charge in [0.2, 0.25) is 15.9 Å². The fourth-order valence-electron chi connectivity index (χ4n) is 4.14. The molecule has 3 aromatic carbocycles. The van der Waals surface area contributed by atoms with Crippen LogP contribution in [-0.2, 0) is 37.2 Å². The molecule has 0 radical (unpaired) electrons. The Morgan fingerprint density at radius 2 is 1.57 bits per heavy atom. The number of rotatable bonds is 10. The van der Waals surface area contributed by atoms with Gasteiger partial charge in [-0.1, -0.05) is 66.2 Å². The number of hydrogen-bond donors (Lipinski definition) is 3. The lowest BCUT2D eigenvalue weighted by Gasteiger charge is -2.22. The van der Waals surface area contributed by atoms with Crippen molar-refractivity contribution in [3.63, 3.8) is 0 Å². The zero-order chi connectivity index (χ0) is 26.4. The first-order valence-electron chi connectivity index (χ1n) is 11.8. The maximum Gasteiger partial charge on any atom is 0.328 e. The van der Waals surface area contributed by atoms with Crippen LogP contribution in [-0.4, -0.2) is 44.5 Å². The van der Waals surface area contributed by atoms with Crippen LogP contribution in [0, 0.1) is 6.92 Å². The molecule has 0 bridgehead atoms. The number of carbonyl (C=O) groups is 2. The van der Waals surface area contributed by atoms with Gasteiger partial charge in [-0.05, 0) is 42.7 Å². The lowest BCUT2D eigenvalue weighted by Crippen LogP contribution is -2.53. The molecule has 4 rings (SSSR count). The van der Waals surface area contributed by atoms with Gasteiger partial charge in [0.15, 0.2) is 0 Å². The third kappa shape index (κ3) is 6.44. The minimum Gasteiger partial charge on any atom is -0.467 e. The van der Waals surface area contributed by atoms with Crippen LogP contribution in [0.1, 0.15) is 16.7 Å². The number of benzene rings is 3. The van der Waals surface area contributed by atoms with E-state index in [4.69, 9.17) is 4.74 Å². The number of aryl methyl sites for hydroxylation is 1. The van der Waals surface area contributed by atoms with Crippen LogP contribution in [0.3, 0.4) is 0 Å². The van der Waals surface area contributed by atoms with Crippen molar-refractivity contribution >= 4 is 32.8 Å². The minimum atomic E-state index is -4.01. The van der Waals surface area contributed by atoms with Gasteiger partial charge in [0.1, 0.15) is 12.1 Å². The van der Waals surface area contributed by atoms with Crippen LogP contribution in [0.5, 0.6) is 0 Å². The molecular weight excluding hydrogens is 490 g/mol. The van der Waals surface area contributed by atoms with Gasteiger partial charge in [-0.3, -0.25) is 4.79 Å². The summed E-state index contributed by atoms with van der Waals surface area (Å²) in [4.78, 5) is 29.3. The number of carbonyl (C=O) groups excluding carboxylic acids is 2. The second kappa shape index (κ2) is 11.4. The Hall–Kier alpha value is -3.95. The van der Waals surface area contributed by atoms with Gasteiger partial charge in [0.25, 0.3) is 0 Å². The van der Waals surface area contributed by atoms with Crippen molar-refractivity contribution in [3.8, 4) is 0 Å². The fraction of sp³-hybridized carbons (Fsp3) is 0.214. The number of methoxy groups -OCH3 is 1. The third-order valence-electron chi connectivity index (χ3n) is 6.13. The standard InChI is InChI=1S/C28H29N3O5S/c1-19-12-14-22(15-13-19)37(34,35)31-25(16-20-8-4-3-5-9-20)27(32)30-26(28(33)36-2)17-21-18-29-24-11-7-6-10-23(21)24/h3-15,18,25-26,29,31H,16-17H2,1-2H3,(H,30,32)/t25-,26+/m1/s1. The molecule has 0 saturated carbocycles. The number of fused-ring (bicyclic) bond motifs is 1. The number of sulfonamides is 1. The number of esters is 1. The van der Waals surface area contributed by atoms with Gasteiger partial charge in [-0.25, -0.2) is 13.2 Å². The zero-order valence-electron chi connectivity index (χ0n) is 20.6. The summed E-state index contributed by atoms with van der Waals surface area (Å²) in [5.41, 5.74) is 3.41. The molecule has 1 aromatic heterocycles. The highest BCUT2D eigenvalue weighted by molar-refractivity contribution is 7.89. The summed E-state index contributed by atoms with van der Waals surface area (Å²) in [6.07, 6.45) is 2.05. The Kier molecular flexibility index (Phi) is 8.05. The smallest absolute Gasteiger partial charge is 0.328 e. The number of ether oxygens (including phenoxy) is 1. The molecule has 9 heteroatoms. The number of H-pyrrole nitrogens is 1. The highest BCUT2D eigenvalue weighted by Gasteiger charge is 2.30. The van der Waals surface area contributed by atoms with Crippen molar-refractivity contribution < 1.29 is 22.7 Å². The maximum atomic E-state index is 13.5. The Morgan fingerprint density at radius 1 is 0.892 bits per heavy atom. The number of amides is 1. The van der Waals surface area contributed by atoms with E-state index in [1.54, 1.807) is 18.3 Å². The van der Waals surface area contributed by atoms with Crippen LogP contribution in [0.25, 0.3) is 10.9 Å². The molecule has 0 fully saturated rings. The van der Waals surface area contributed by atoms with E-state index in [1.807, 2.05) is 61.5 Å². The van der Waals surface area contributed by atoms with E-state index >= 15 is 0 Å². The number of hydrogen-bond acceptors (Lipinski definition) is 5. The van der Waals surface area contributed by atoms with Gasteiger partial charge in [-0.2, -0.15) is 4.72 Å². The number of aromatic nitrogens is 1. The van der Waals surface area contributed by atoms with Gasteiger partial charge in [-0.15, -0.1) is 0 Å². The van der Waals surface area contributed by atoms with Crippen LogP contribution in [0.15, 0.2) is 90.0 Å². The first-order chi connectivity index (χ1) is 17.8. The quantitative estimate of drug-likeness (QED) is 0.278. The fourth-order valence-corrected chi connectivity index (χ4v) is 5.33. The highest BCUT2D eigenvalue weighted by Crippen LogP contribution is 2.20. The average Bonchev–Trinajstić information content (AvgIpc) is 3.31. The maximum absolute atomic E-state index is 13.5. The molecule has 192 valence electrons. The molecule has 1 amide bonds. The molecule has 2 atom stereocenters. The van der Waals surface area contributed by atoms with E-state index in [-0.39, 0.29) is 17.7 Å². The molecule has 1 heterocycles. The van der Waals surface area contributed by atoms with Crippen molar-refractivity contribution in [2.45, 2.75) is 36.7 Å². The summed E-state index contributed by atoms with van der Waals surface area (Å²) in [7, 11) is -2.77. The van der Waals surface area contributed by atoms with Crippen LogP contribution < -0.4 is 10.0 Å². The summed E-state index contributed by atoms with van der Waals surface area (Å²) < 4.78 is 33.8. The summed E-state index contributed by atoms with van der Waals surface area (Å²) in [5, 5.41) is 3.64. The van der Waals surface area contributed by atoms with E-state index in [0.29, 0.717) is 0 Å². The Balaban J connectivity index is 1.60. The lowest BCUT2D eigenvalue weighted by atomic mass is 10.0. The van der Waals surface area contributed by atoms with Crippen molar-refractivity contribution in [3.05, 3.63) is 102 Å². The molecule has 8 nitrogen and oxygen atoms in total. The van der Waals surface area contributed by atoms with Crippen molar-refractivity contribution in [2.24, 2.45) is 0 Å². The van der Waals surface area contributed by atoms with Crippen LogP contribution in [0.4, 0.5) is 0 Å². The summed E-state index contributed by atoms with van der Waals surface area (Å²) >= 11 is 0. The Morgan fingerprint density at radius 3 is 2.27 bits per heavy atom. The van der Waals surface area contributed by atoms with Gasteiger partial charge in [0, 0.05) is 23.5 Å². The Bertz CT molecular complexity index is 1480. The molecule has 0 aliphatic rings. The second-order valence-electron chi connectivity index (χ2n) is 8.82. The summed E-state index contributed by atoms with van der Waals surface area (Å²) in [6.45, 7) is 1.86. The molecule has 0 unspecified atom stereocenters. The molecule has 37 heavy (non-hydrogen) atoms. The SMILES string of the molecule is COC(=O)[C@H](Cc1c[nH]c2ccccc12)NC(=O)[C@@H](Cc1ccccc1)NS(=O)(=O)c1ccc(C)cc1. The van der Waals surface area contributed by atoms with Crippen molar-refractivity contribution in [1.29, 1.82) is 0 Å². The molecule has 3 N–H and O–H groups in total. The highest BCUT2D eigenvalue weighted by atomic mass is 32.2. The molecule has 0 saturated heterocycles. The predicted molar refractivity (Wildman–Crippen MR) is 141 cm³/mol. The minimum absolute atomic E-state index is 0.0484. The second-order valence-corrected chi connectivity index (χ2v) is 10.5. The van der Waals surface area contributed by atoms with Crippen LogP contribution >= 0.6 is 0 Å². The number of nitrogens with one attached hydrogen (secondary N) is 3. The topological polar surface area (TPSA) is 117 Å². The zero-order valence-corrected chi connectivity index (χ0v) is 21.4. The molecule has 0 aliphatic heterocycles. The van der Waals surface area contributed by atoms with Gasteiger partial charge in [0.05, 0.1) is 12.0 Å². The normalized spacial score (nSPS) is 13.1.